The second kappa shape index (κ2) is 10.6. The summed E-state index contributed by atoms with van der Waals surface area (Å²) in [5.41, 5.74) is 3.43. The zero-order valence-corrected chi connectivity index (χ0v) is 19.8. The summed E-state index contributed by atoms with van der Waals surface area (Å²) < 4.78 is 13.4. The fourth-order valence-corrected chi connectivity index (χ4v) is 4.80. The summed E-state index contributed by atoms with van der Waals surface area (Å²) in [6.07, 6.45) is 3.16. The van der Waals surface area contributed by atoms with Gasteiger partial charge in [0.15, 0.2) is 0 Å². The molecule has 5 heteroatoms. The van der Waals surface area contributed by atoms with Crippen LogP contribution in [0.3, 0.4) is 0 Å². The van der Waals surface area contributed by atoms with E-state index in [0.717, 1.165) is 35.3 Å². The Balaban J connectivity index is 1.72. The van der Waals surface area contributed by atoms with Crippen molar-refractivity contribution in [2.45, 2.75) is 58.0 Å². The highest BCUT2D eigenvalue weighted by molar-refractivity contribution is 5.98. The molecule has 0 unspecified atom stereocenters. The average molecular weight is 459 g/mol. The van der Waals surface area contributed by atoms with Gasteiger partial charge in [0.05, 0.1) is 12.5 Å². The number of hydrogen-bond acceptors (Lipinski definition) is 2. The Morgan fingerprint density at radius 2 is 1.65 bits per heavy atom. The Labute approximate surface area is 201 Å². The normalized spacial score (nSPS) is 17.2. The van der Waals surface area contributed by atoms with E-state index in [9.17, 15) is 14.0 Å². The van der Waals surface area contributed by atoms with Crippen LogP contribution in [-0.4, -0.2) is 17.9 Å². The quantitative estimate of drug-likeness (QED) is 0.408. The predicted octanol–water partition coefficient (Wildman–Crippen LogP) is 6.46. The summed E-state index contributed by atoms with van der Waals surface area (Å²) in [7, 11) is 0. The lowest BCUT2D eigenvalue weighted by Crippen LogP contribution is -2.48. The van der Waals surface area contributed by atoms with Crippen LogP contribution in [0.25, 0.3) is 0 Å². The number of anilines is 2. The van der Waals surface area contributed by atoms with Crippen molar-refractivity contribution in [1.82, 2.24) is 0 Å². The third-order valence-electron chi connectivity index (χ3n) is 6.46. The highest BCUT2D eigenvalue weighted by atomic mass is 19.1. The van der Waals surface area contributed by atoms with Crippen LogP contribution in [0.15, 0.2) is 78.9 Å². The van der Waals surface area contributed by atoms with Crippen molar-refractivity contribution < 1.29 is 14.0 Å². The molecule has 1 aliphatic heterocycles. The number of unbranched alkanes of at least 4 members (excludes halogenated alkanes) is 1. The molecule has 3 aromatic rings. The maximum atomic E-state index is 13.7. The Morgan fingerprint density at radius 1 is 0.971 bits per heavy atom. The maximum absolute atomic E-state index is 13.7. The van der Waals surface area contributed by atoms with Crippen molar-refractivity contribution in [3.05, 3.63) is 95.8 Å². The van der Waals surface area contributed by atoms with Crippen molar-refractivity contribution in [3.63, 3.8) is 0 Å². The second-order valence-electron chi connectivity index (χ2n) is 8.93. The van der Waals surface area contributed by atoms with Crippen LogP contribution < -0.4 is 9.80 Å². The first-order valence-electron chi connectivity index (χ1n) is 12.0. The number of halogens is 1. The Hall–Kier alpha value is -3.47. The van der Waals surface area contributed by atoms with Gasteiger partial charge in [0.2, 0.25) is 11.8 Å². The molecule has 0 aromatic heterocycles. The molecule has 4 rings (SSSR count). The summed E-state index contributed by atoms with van der Waals surface area (Å²) in [4.78, 5) is 30.6. The molecular weight excluding hydrogens is 427 g/mol. The van der Waals surface area contributed by atoms with Gasteiger partial charge < -0.3 is 9.80 Å². The zero-order valence-electron chi connectivity index (χ0n) is 19.8. The van der Waals surface area contributed by atoms with Crippen molar-refractivity contribution in [2.75, 3.05) is 9.80 Å². The molecule has 0 aliphatic carbocycles. The smallest absolute Gasteiger partial charge is 0.231 e. The van der Waals surface area contributed by atoms with Gasteiger partial charge in [0.25, 0.3) is 0 Å². The lowest BCUT2D eigenvalue weighted by molar-refractivity contribution is -0.119. The summed E-state index contributed by atoms with van der Waals surface area (Å²) in [5, 5.41) is 0. The van der Waals surface area contributed by atoms with Crippen LogP contribution in [-0.2, 0) is 16.0 Å². The molecule has 4 nitrogen and oxygen atoms in total. The van der Waals surface area contributed by atoms with Gasteiger partial charge in [-0.2, -0.15) is 0 Å². The number of hydrogen-bond donors (Lipinski definition) is 0. The number of fused-ring (bicyclic) bond motifs is 1. The van der Waals surface area contributed by atoms with Crippen LogP contribution >= 0.6 is 0 Å². The van der Waals surface area contributed by atoms with E-state index in [-0.39, 0.29) is 36.1 Å². The van der Waals surface area contributed by atoms with E-state index >= 15 is 0 Å². The standard InChI is InChI=1S/C29H31FN2O2/c1-3-4-14-28(33)31-21(2)19-27(25-12-8-9-13-26(25)31)32(24-10-6-5-7-11-24)29(34)20-22-15-17-23(30)18-16-22/h5-13,15-18,21,27H,3-4,14,19-20H2,1-2H3/t21-,27-/m0/s1. The molecule has 176 valence electrons. The van der Waals surface area contributed by atoms with Crippen LogP contribution in [0, 0.1) is 5.82 Å². The fraction of sp³-hybridized carbons (Fsp3) is 0.310. The highest BCUT2D eigenvalue weighted by Crippen LogP contribution is 2.42. The number of carbonyl (C=O) groups excluding carboxylic acids is 2. The van der Waals surface area contributed by atoms with Crippen molar-refractivity contribution in [2.24, 2.45) is 0 Å². The molecule has 0 bridgehead atoms. The Kier molecular flexibility index (Phi) is 7.41. The summed E-state index contributed by atoms with van der Waals surface area (Å²) >= 11 is 0. The van der Waals surface area contributed by atoms with Crippen LogP contribution in [0.1, 0.15) is 56.7 Å². The van der Waals surface area contributed by atoms with E-state index in [0.29, 0.717) is 12.8 Å². The number of rotatable bonds is 7. The second-order valence-corrected chi connectivity index (χ2v) is 8.93. The minimum absolute atomic E-state index is 0.0471. The van der Waals surface area contributed by atoms with E-state index in [4.69, 9.17) is 0 Å². The van der Waals surface area contributed by atoms with Crippen molar-refractivity contribution >= 4 is 23.2 Å². The monoisotopic (exact) mass is 458 g/mol. The molecule has 0 spiro atoms. The largest absolute Gasteiger partial charge is 0.309 e. The number of nitrogens with zero attached hydrogens (tertiary/aromatic N) is 2. The molecule has 1 aliphatic rings. The predicted molar refractivity (Wildman–Crippen MR) is 134 cm³/mol. The number of amides is 2. The molecule has 0 saturated carbocycles. The molecule has 0 radical (unpaired) electrons. The molecule has 0 fully saturated rings. The summed E-state index contributed by atoms with van der Waals surface area (Å²) in [6, 6.07) is 23.4. The lowest BCUT2D eigenvalue weighted by atomic mass is 9.89. The fourth-order valence-electron chi connectivity index (χ4n) is 4.80. The molecular formula is C29H31FN2O2. The number of para-hydroxylation sites is 2. The first-order chi connectivity index (χ1) is 16.5. The van der Waals surface area contributed by atoms with Crippen LogP contribution in [0.4, 0.5) is 15.8 Å². The lowest BCUT2D eigenvalue weighted by Gasteiger charge is -2.43. The van der Waals surface area contributed by atoms with E-state index in [1.54, 1.807) is 12.1 Å². The highest BCUT2D eigenvalue weighted by Gasteiger charge is 2.38. The van der Waals surface area contributed by atoms with Gasteiger partial charge in [0.1, 0.15) is 5.82 Å². The first-order valence-corrected chi connectivity index (χ1v) is 12.0. The topological polar surface area (TPSA) is 40.6 Å². The number of benzene rings is 3. The first kappa shape index (κ1) is 23.7. The third-order valence-corrected chi connectivity index (χ3v) is 6.46. The van der Waals surface area contributed by atoms with Crippen molar-refractivity contribution in [1.29, 1.82) is 0 Å². The van der Waals surface area contributed by atoms with Gasteiger partial charge in [-0.1, -0.05) is 61.9 Å². The molecule has 3 aromatic carbocycles. The van der Waals surface area contributed by atoms with Crippen molar-refractivity contribution in [3.8, 4) is 0 Å². The van der Waals surface area contributed by atoms with E-state index < -0.39 is 0 Å². The van der Waals surface area contributed by atoms with Crippen LogP contribution in [0.2, 0.25) is 0 Å². The van der Waals surface area contributed by atoms with Gasteiger partial charge in [-0.25, -0.2) is 4.39 Å². The SMILES string of the molecule is CCCCC(=O)N1c2ccccc2[C@@H](N(C(=O)Cc2ccc(F)cc2)c2ccccc2)C[C@@H]1C. The number of carbonyl (C=O) groups is 2. The molecule has 2 atom stereocenters. The van der Waals surface area contributed by atoms with Gasteiger partial charge in [-0.3, -0.25) is 9.59 Å². The molecule has 0 N–H and O–H groups in total. The van der Waals surface area contributed by atoms with Gasteiger partial charge in [-0.05, 0) is 61.2 Å². The third kappa shape index (κ3) is 5.04. The van der Waals surface area contributed by atoms with Gasteiger partial charge >= 0.3 is 0 Å². The molecule has 0 saturated heterocycles. The Bertz CT molecular complexity index is 1130. The van der Waals surface area contributed by atoms with E-state index in [2.05, 4.69) is 13.8 Å². The molecule has 1 heterocycles. The van der Waals surface area contributed by atoms with Gasteiger partial charge in [-0.15, -0.1) is 0 Å². The zero-order chi connectivity index (χ0) is 24.1. The molecule has 2 amide bonds. The molecule has 34 heavy (non-hydrogen) atoms. The maximum Gasteiger partial charge on any atom is 0.231 e. The van der Waals surface area contributed by atoms with E-state index in [1.165, 1.54) is 12.1 Å². The van der Waals surface area contributed by atoms with Gasteiger partial charge in [0, 0.05) is 23.8 Å². The minimum Gasteiger partial charge on any atom is -0.309 e. The van der Waals surface area contributed by atoms with Crippen LogP contribution in [0.5, 0.6) is 0 Å². The summed E-state index contributed by atoms with van der Waals surface area (Å²) in [5.74, 6) is -0.251. The summed E-state index contributed by atoms with van der Waals surface area (Å²) in [6.45, 7) is 4.14. The minimum atomic E-state index is -0.320. The Morgan fingerprint density at radius 3 is 2.35 bits per heavy atom. The average Bonchev–Trinajstić information content (AvgIpc) is 2.85. The van der Waals surface area contributed by atoms with E-state index in [1.807, 2.05) is 64.4 Å².